The zero-order valence-corrected chi connectivity index (χ0v) is 24.1. The molecule has 0 aromatic rings. The van der Waals surface area contributed by atoms with E-state index in [0.29, 0.717) is 17.7 Å². The van der Waals surface area contributed by atoms with E-state index in [2.05, 4.69) is 17.6 Å². The standard InChI is InChI=1S/C29H42F3NO4S.CH4/c1-7-33-23(18-38)17-20(3)24-14-10-13-22(29(30,31)32)12-9-8-11-19(2)26(35)21(4)27(36)28(5,6)16-15-25(34)37-24;/h7-9,13,17-19,21,24,26,35,38H,10-12,14-16H2,1-6H3;1H4/b9-8+,20-17+,22-13+,23-18-,33-7?;/t19-,21+,24?,26-;/m0./s1. The molecule has 0 saturated carbocycles. The molecular formula is C30H46F3NO4S. The zero-order chi connectivity index (χ0) is 29.1. The summed E-state index contributed by atoms with van der Waals surface area (Å²) in [7, 11) is 0. The summed E-state index contributed by atoms with van der Waals surface area (Å²) in [5.41, 5.74) is -0.440. The van der Waals surface area contributed by atoms with Crippen molar-refractivity contribution in [2.24, 2.45) is 22.2 Å². The van der Waals surface area contributed by atoms with Crippen LogP contribution in [-0.2, 0) is 14.3 Å². The molecule has 1 heterocycles. The number of nitrogens with zero attached hydrogens (tertiary/aromatic N) is 1. The number of halogens is 3. The van der Waals surface area contributed by atoms with E-state index in [4.69, 9.17) is 4.74 Å². The Bertz CT molecular complexity index is 964. The van der Waals surface area contributed by atoms with Crippen molar-refractivity contribution < 1.29 is 32.6 Å². The first-order chi connectivity index (χ1) is 17.6. The Kier molecular flexibility index (Phi) is 15.9. The largest absolute Gasteiger partial charge is 0.458 e. The molecule has 0 saturated heterocycles. The van der Waals surface area contributed by atoms with Crippen molar-refractivity contribution in [1.29, 1.82) is 0 Å². The molecule has 39 heavy (non-hydrogen) atoms. The summed E-state index contributed by atoms with van der Waals surface area (Å²) < 4.78 is 46.7. The van der Waals surface area contributed by atoms with Crippen molar-refractivity contribution in [3.05, 3.63) is 46.6 Å². The number of Topliss-reactive ketones (excluding diaryl/α,β-unsaturated/α-hetero) is 1. The molecule has 0 amide bonds. The van der Waals surface area contributed by atoms with Gasteiger partial charge in [0.1, 0.15) is 11.9 Å². The molecule has 0 aromatic carbocycles. The molecule has 1 aliphatic heterocycles. The summed E-state index contributed by atoms with van der Waals surface area (Å²) in [5.74, 6) is -1.75. The topological polar surface area (TPSA) is 76.0 Å². The number of esters is 1. The van der Waals surface area contributed by atoms with Gasteiger partial charge < -0.3 is 9.84 Å². The molecule has 5 nitrogen and oxygen atoms in total. The number of ether oxygens (including phenoxy) is 1. The monoisotopic (exact) mass is 573 g/mol. The van der Waals surface area contributed by atoms with Crippen molar-refractivity contribution in [3.8, 4) is 0 Å². The number of hydrogen-bond donors (Lipinski definition) is 2. The first-order valence-corrected chi connectivity index (χ1v) is 13.5. The Hall–Kier alpha value is -2.13. The van der Waals surface area contributed by atoms with Crippen LogP contribution in [0, 0.1) is 17.3 Å². The lowest BCUT2D eigenvalue weighted by atomic mass is 9.74. The second-order valence-electron chi connectivity index (χ2n) is 10.5. The molecule has 1 unspecified atom stereocenters. The van der Waals surface area contributed by atoms with Crippen LogP contribution < -0.4 is 0 Å². The van der Waals surface area contributed by atoms with E-state index >= 15 is 0 Å². The lowest BCUT2D eigenvalue weighted by Crippen LogP contribution is -2.39. The number of ketones is 1. The van der Waals surface area contributed by atoms with Gasteiger partial charge in [0.2, 0.25) is 0 Å². The van der Waals surface area contributed by atoms with Crippen LogP contribution in [0.5, 0.6) is 0 Å². The number of cyclic esters (lactones) is 1. The van der Waals surface area contributed by atoms with Gasteiger partial charge in [-0.15, -0.1) is 12.6 Å². The predicted octanol–water partition coefficient (Wildman–Crippen LogP) is 7.97. The minimum Gasteiger partial charge on any atom is -0.458 e. The first-order valence-electron chi connectivity index (χ1n) is 13.0. The van der Waals surface area contributed by atoms with E-state index in [9.17, 15) is 27.9 Å². The van der Waals surface area contributed by atoms with E-state index in [1.165, 1.54) is 11.5 Å². The van der Waals surface area contributed by atoms with E-state index in [0.717, 1.165) is 6.08 Å². The molecule has 0 bridgehead atoms. The van der Waals surface area contributed by atoms with Crippen LogP contribution in [0.2, 0.25) is 0 Å². The smallest absolute Gasteiger partial charge is 0.412 e. The van der Waals surface area contributed by atoms with Crippen molar-refractivity contribution in [2.45, 2.75) is 106 Å². The quantitative estimate of drug-likeness (QED) is 0.118. The Balaban J connectivity index is 0.0000144. The third kappa shape index (κ3) is 12.3. The third-order valence-electron chi connectivity index (χ3n) is 6.89. The van der Waals surface area contributed by atoms with Crippen LogP contribution in [0.3, 0.4) is 0 Å². The van der Waals surface area contributed by atoms with E-state index in [1.807, 2.05) is 0 Å². The fraction of sp³-hybridized carbons (Fsp3) is 0.633. The SMILES string of the molecule is C.CC=NC(=C\S)/C=C(\C)C1CC/C=C(/C(F)(F)F)C/C=C/C[C@H](C)[C@H](O)[C@@H](C)C(=O)C(C)(C)CCC(=O)O1. The number of rotatable bonds is 3. The van der Waals surface area contributed by atoms with Crippen LogP contribution in [-0.4, -0.2) is 41.5 Å². The fourth-order valence-corrected chi connectivity index (χ4v) is 4.51. The van der Waals surface area contributed by atoms with E-state index in [-0.39, 0.29) is 51.2 Å². The maximum absolute atomic E-state index is 13.7. The average molecular weight is 574 g/mol. The second-order valence-corrected chi connectivity index (χ2v) is 10.8. The van der Waals surface area contributed by atoms with Gasteiger partial charge in [0.25, 0.3) is 0 Å². The van der Waals surface area contributed by atoms with Crippen LogP contribution in [0.1, 0.15) is 87.5 Å². The normalized spacial score (nSPS) is 29.5. The number of carbonyl (C=O) groups excluding carboxylic acids is 2. The van der Waals surface area contributed by atoms with Crippen molar-refractivity contribution in [2.75, 3.05) is 0 Å². The van der Waals surface area contributed by atoms with Gasteiger partial charge in [-0.05, 0) is 68.9 Å². The van der Waals surface area contributed by atoms with Crippen LogP contribution in [0.4, 0.5) is 13.2 Å². The summed E-state index contributed by atoms with van der Waals surface area (Å²) in [6.45, 7) is 10.4. The van der Waals surface area contributed by atoms with Crippen molar-refractivity contribution in [1.82, 2.24) is 0 Å². The number of alkyl halides is 3. The number of hydrogen-bond acceptors (Lipinski definition) is 6. The van der Waals surface area contributed by atoms with Gasteiger partial charge in [0, 0.05) is 29.5 Å². The summed E-state index contributed by atoms with van der Waals surface area (Å²) in [6.07, 6.45) is 1.58. The van der Waals surface area contributed by atoms with Gasteiger partial charge in [-0.3, -0.25) is 14.6 Å². The minimum absolute atomic E-state index is 0. The Morgan fingerprint density at radius 2 is 1.87 bits per heavy atom. The van der Waals surface area contributed by atoms with Crippen LogP contribution in [0.25, 0.3) is 0 Å². The molecule has 1 aliphatic rings. The Morgan fingerprint density at radius 3 is 2.44 bits per heavy atom. The number of aliphatic hydroxyl groups excluding tert-OH is 1. The summed E-state index contributed by atoms with van der Waals surface area (Å²) in [5, 5.41) is 12.2. The van der Waals surface area contributed by atoms with Gasteiger partial charge in [0.15, 0.2) is 0 Å². The molecule has 222 valence electrons. The van der Waals surface area contributed by atoms with Crippen LogP contribution >= 0.6 is 12.6 Å². The minimum atomic E-state index is -4.50. The third-order valence-corrected chi connectivity index (χ3v) is 7.16. The average Bonchev–Trinajstić information content (AvgIpc) is 2.84. The van der Waals surface area contributed by atoms with Crippen molar-refractivity contribution >= 4 is 30.6 Å². The van der Waals surface area contributed by atoms with E-state index < -0.39 is 41.3 Å². The predicted molar refractivity (Wildman–Crippen MR) is 156 cm³/mol. The number of thiol groups is 1. The Labute approximate surface area is 237 Å². The van der Waals surface area contributed by atoms with Gasteiger partial charge >= 0.3 is 12.1 Å². The number of carbonyl (C=O) groups is 2. The highest BCUT2D eigenvalue weighted by Crippen LogP contribution is 2.33. The van der Waals surface area contributed by atoms with Crippen molar-refractivity contribution in [3.63, 3.8) is 0 Å². The van der Waals surface area contributed by atoms with Gasteiger partial charge in [-0.25, -0.2) is 0 Å². The summed E-state index contributed by atoms with van der Waals surface area (Å²) >= 11 is 4.13. The summed E-state index contributed by atoms with van der Waals surface area (Å²) in [6, 6.07) is 0. The van der Waals surface area contributed by atoms with Crippen LogP contribution in [0.15, 0.2) is 51.5 Å². The number of aliphatic imine (C=N–C) groups is 1. The molecule has 0 spiro atoms. The molecule has 1 N–H and O–H groups in total. The zero-order valence-electron chi connectivity index (χ0n) is 23.2. The molecule has 1 rings (SSSR count). The lowest BCUT2D eigenvalue weighted by Gasteiger charge is -2.31. The molecule has 0 fully saturated rings. The van der Waals surface area contributed by atoms with Gasteiger partial charge in [0.05, 0.1) is 11.8 Å². The maximum atomic E-state index is 13.7. The molecule has 0 aromatic heterocycles. The second kappa shape index (κ2) is 16.9. The van der Waals surface area contributed by atoms with Gasteiger partial charge in [-0.1, -0.05) is 53.3 Å². The highest BCUT2D eigenvalue weighted by Gasteiger charge is 2.37. The Morgan fingerprint density at radius 1 is 1.23 bits per heavy atom. The molecule has 0 aliphatic carbocycles. The first kappa shape index (κ1) is 36.9. The highest BCUT2D eigenvalue weighted by atomic mass is 32.1. The highest BCUT2D eigenvalue weighted by molar-refractivity contribution is 7.83. The molecule has 4 atom stereocenters. The molecule has 9 heteroatoms. The lowest BCUT2D eigenvalue weighted by molar-refractivity contribution is -0.148. The molecular weight excluding hydrogens is 527 g/mol. The fourth-order valence-electron chi connectivity index (χ4n) is 4.37. The number of aliphatic hydroxyl groups is 1. The van der Waals surface area contributed by atoms with E-state index in [1.54, 1.807) is 59.9 Å². The maximum Gasteiger partial charge on any atom is 0.412 e. The van der Waals surface area contributed by atoms with Gasteiger partial charge in [-0.2, -0.15) is 13.2 Å². The number of allylic oxidation sites excluding steroid dienone is 5. The molecule has 0 radical (unpaired) electrons. The summed E-state index contributed by atoms with van der Waals surface area (Å²) in [4.78, 5) is 30.1.